The number of hydrogen-bond acceptors (Lipinski definition) is 3. The lowest BCUT2D eigenvalue weighted by Crippen LogP contribution is -2.33. The average molecular weight is 358 g/mol. The molecule has 136 valence electrons. The largest absolute Gasteiger partial charge is 0.493 e. The predicted octanol–water partition coefficient (Wildman–Crippen LogP) is 4.42. The van der Waals surface area contributed by atoms with Crippen LogP contribution in [0, 0.1) is 0 Å². The fourth-order valence-electron chi connectivity index (χ4n) is 3.45. The zero-order valence-electron chi connectivity index (χ0n) is 15.3. The first-order valence-electron chi connectivity index (χ1n) is 9.24. The van der Waals surface area contributed by atoms with Crippen molar-refractivity contribution < 1.29 is 9.53 Å². The van der Waals surface area contributed by atoms with Gasteiger partial charge in [-0.05, 0) is 48.4 Å². The lowest BCUT2D eigenvalue weighted by molar-refractivity contribution is 0.0671. The molecule has 0 N–H and O–H groups in total. The predicted molar refractivity (Wildman–Crippen MR) is 105 cm³/mol. The third kappa shape index (κ3) is 3.70. The van der Waals surface area contributed by atoms with Gasteiger partial charge < -0.3 is 9.64 Å². The van der Waals surface area contributed by atoms with Gasteiger partial charge in [-0.2, -0.15) is 0 Å². The molecule has 2 heterocycles. The molecule has 0 spiro atoms. The lowest BCUT2D eigenvalue weighted by Gasteiger charge is -2.29. The van der Waals surface area contributed by atoms with Gasteiger partial charge in [0.25, 0.3) is 5.91 Å². The van der Waals surface area contributed by atoms with Crippen molar-refractivity contribution in [1.82, 2.24) is 9.88 Å². The molecule has 1 amide bonds. The van der Waals surface area contributed by atoms with Crippen LogP contribution in [-0.2, 0) is 13.0 Å². The van der Waals surface area contributed by atoms with E-state index in [2.05, 4.69) is 24.0 Å². The summed E-state index contributed by atoms with van der Waals surface area (Å²) in [6.07, 6.45) is 2.61. The van der Waals surface area contributed by atoms with Crippen LogP contribution in [0.15, 0.2) is 72.9 Å². The van der Waals surface area contributed by atoms with E-state index in [1.165, 1.54) is 0 Å². The molecule has 0 saturated carbocycles. The number of amides is 1. The highest BCUT2D eigenvalue weighted by Crippen LogP contribution is 2.29. The Morgan fingerprint density at radius 3 is 2.70 bits per heavy atom. The normalized spacial score (nSPS) is 13.5. The van der Waals surface area contributed by atoms with E-state index in [1.807, 2.05) is 59.5 Å². The molecule has 0 bridgehead atoms. The summed E-state index contributed by atoms with van der Waals surface area (Å²) < 4.78 is 5.57. The first-order chi connectivity index (χ1) is 13.2. The first kappa shape index (κ1) is 17.3. The van der Waals surface area contributed by atoms with Crippen LogP contribution in [0.5, 0.6) is 5.75 Å². The fourth-order valence-corrected chi connectivity index (χ4v) is 3.45. The van der Waals surface area contributed by atoms with E-state index in [-0.39, 0.29) is 11.9 Å². The Kier molecular flexibility index (Phi) is 4.88. The summed E-state index contributed by atoms with van der Waals surface area (Å²) in [4.78, 5) is 19.7. The quantitative estimate of drug-likeness (QED) is 0.678. The van der Waals surface area contributed by atoms with Crippen LogP contribution in [0.4, 0.5) is 0 Å². The Bertz CT molecular complexity index is 926. The van der Waals surface area contributed by atoms with Crippen LogP contribution in [-0.4, -0.2) is 22.4 Å². The zero-order chi connectivity index (χ0) is 18.6. The Labute approximate surface area is 159 Å². The third-order valence-corrected chi connectivity index (χ3v) is 5.01. The van der Waals surface area contributed by atoms with Gasteiger partial charge in [-0.3, -0.25) is 9.78 Å². The molecule has 1 atom stereocenters. The molecule has 1 aliphatic rings. The summed E-state index contributed by atoms with van der Waals surface area (Å²) >= 11 is 0. The number of hydrogen-bond donors (Lipinski definition) is 0. The molecule has 4 heteroatoms. The maximum absolute atomic E-state index is 13.4. The molecule has 2 aromatic carbocycles. The lowest BCUT2D eigenvalue weighted by atomic mass is 10.0. The summed E-state index contributed by atoms with van der Waals surface area (Å²) in [5, 5.41) is 0. The number of fused-ring (bicyclic) bond motifs is 1. The number of rotatable bonds is 5. The fraction of sp³-hybridized carbons (Fsp3) is 0.217. The van der Waals surface area contributed by atoms with E-state index >= 15 is 0 Å². The van der Waals surface area contributed by atoms with Crippen molar-refractivity contribution >= 4 is 5.91 Å². The minimum Gasteiger partial charge on any atom is -0.493 e. The topological polar surface area (TPSA) is 42.4 Å². The van der Waals surface area contributed by atoms with E-state index < -0.39 is 0 Å². The number of benzene rings is 2. The summed E-state index contributed by atoms with van der Waals surface area (Å²) in [7, 11) is 0. The van der Waals surface area contributed by atoms with Crippen LogP contribution >= 0.6 is 0 Å². The number of pyridine rings is 1. The van der Waals surface area contributed by atoms with Crippen molar-refractivity contribution in [1.29, 1.82) is 0 Å². The molecule has 3 aromatic rings. The number of carbonyl (C=O) groups excluding carboxylic acids is 1. The van der Waals surface area contributed by atoms with E-state index in [9.17, 15) is 4.79 Å². The van der Waals surface area contributed by atoms with Crippen LogP contribution in [0.3, 0.4) is 0 Å². The van der Waals surface area contributed by atoms with E-state index in [0.717, 1.165) is 29.0 Å². The Morgan fingerprint density at radius 2 is 1.93 bits per heavy atom. The summed E-state index contributed by atoms with van der Waals surface area (Å²) in [5.74, 6) is 0.894. The van der Waals surface area contributed by atoms with Crippen molar-refractivity contribution in [2.45, 2.75) is 25.9 Å². The Morgan fingerprint density at radius 1 is 1.11 bits per heavy atom. The van der Waals surface area contributed by atoms with Crippen molar-refractivity contribution in [2.75, 3.05) is 6.61 Å². The van der Waals surface area contributed by atoms with Gasteiger partial charge in [0.15, 0.2) is 0 Å². The second kappa shape index (κ2) is 7.62. The second-order valence-corrected chi connectivity index (χ2v) is 6.76. The van der Waals surface area contributed by atoms with Crippen LogP contribution in [0.1, 0.15) is 40.1 Å². The van der Waals surface area contributed by atoms with Crippen molar-refractivity contribution in [3.63, 3.8) is 0 Å². The molecule has 0 unspecified atom stereocenters. The number of carbonyl (C=O) groups is 1. The standard InChI is InChI=1S/C23H22N2O2/c1-17(18-7-3-2-4-8-18)25(16-21-9-5-6-13-24-21)23(26)20-10-11-22-19(15-20)12-14-27-22/h2-11,13,15,17H,12,14,16H2,1H3/t17-/m0/s1. The van der Waals surface area contributed by atoms with Gasteiger partial charge in [-0.1, -0.05) is 36.4 Å². The third-order valence-electron chi connectivity index (χ3n) is 5.01. The molecular weight excluding hydrogens is 336 g/mol. The monoisotopic (exact) mass is 358 g/mol. The van der Waals surface area contributed by atoms with Crippen LogP contribution in [0.2, 0.25) is 0 Å². The summed E-state index contributed by atoms with van der Waals surface area (Å²) in [6.45, 7) is 3.21. The molecule has 27 heavy (non-hydrogen) atoms. The maximum atomic E-state index is 13.4. The molecule has 4 rings (SSSR count). The number of nitrogens with zero attached hydrogens (tertiary/aromatic N) is 2. The molecule has 4 nitrogen and oxygen atoms in total. The second-order valence-electron chi connectivity index (χ2n) is 6.76. The Balaban J connectivity index is 1.67. The van der Waals surface area contributed by atoms with Gasteiger partial charge in [0.05, 0.1) is 24.9 Å². The van der Waals surface area contributed by atoms with Gasteiger partial charge in [0, 0.05) is 18.2 Å². The summed E-state index contributed by atoms with van der Waals surface area (Å²) in [6, 6.07) is 21.6. The van der Waals surface area contributed by atoms with Crippen LogP contribution < -0.4 is 4.74 Å². The van der Waals surface area contributed by atoms with Gasteiger partial charge in [0.1, 0.15) is 5.75 Å². The highest BCUT2D eigenvalue weighted by Gasteiger charge is 2.25. The van der Waals surface area contributed by atoms with Crippen LogP contribution in [0.25, 0.3) is 0 Å². The van der Waals surface area contributed by atoms with Crippen molar-refractivity contribution in [2.24, 2.45) is 0 Å². The number of aromatic nitrogens is 1. The smallest absolute Gasteiger partial charge is 0.254 e. The van der Waals surface area contributed by atoms with E-state index in [0.29, 0.717) is 18.7 Å². The van der Waals surface area contributed by atoms with Gasteiger partial charge in [-0.15, -0.1) is 0 Å². The minimum absolute atomic E-state index is 0.00621. The SMILES string of the molecule is C[C@@H](c1ccccc1)N(Cc1ccccn1)C(=O)c1ccc2c(c1)CCO2. The zero-order valence-corrected chi connectivity index (χ0v) is 15.3. The maximum Gasteiger partial charge on any atom is 0.254 e. The minimum atomic E-state index is -0.0646. The summed E-state index contributed by atoms with van der Waals surface area (Å²) in [5.41, 5.74) is 3.77. The van der Waals surface area contributed by atoms with Gasteiger partial charge in [-0.25, -0.2) is 0 Å². The molecule has 1 aliphatic heterocycles. The van der Waals surface area contributed by atoms with Crippen molar-refractivity contribution in [3.05, 3.63) is 95.3 Å². The average Bonchev–Trinajstić information content (AvgIpc) is 3.20. The highest BCUT2D eigenvalue weighted by molar-refractivity contribution is 5.95. The molecule has 1 aromatic heterocycles. The first-order valence-corrected chi connectivity index (χ1v) is 9.24. The van der Waals surface area contributed by atoms with E-state index in [1.54, 1.807) is 6.20 Å². The van der Waals surface area contributed by atoms with E-state index in [4.69, 9.17) is 4.74 Å². The molecule has 0 saturated heterocycles. The molecular formula is C23H22N2O2. The van der Waals surface area contributed by atoms with Crippen molar-refractivity contribution in [3.8, 4) is 5.75 Å². The Hall–Kier alpha value is -3.14. The molecule has 0 fully saturated rings. The highest BCUT2D eigenvalue weighted by atomic mass is 16.5. The number of ether oxygens (including phenoxy) is 1. The molecule has 0 aliphatic carbocycles. The van der Waals surface area contributed by atoms with Gasteiger partial charge >= 0.3 is 0 Å². The van der Waals surface area contributed by atoms with Gasteiger partial charge in [0.2, 0.25) is 0 Å². The molecule has 0 radical (unpaired) electrons.